The SMILES string of the molecule is Cc1ccc(C(=O)N2CC[C@@H]3OCc4cnnn4[C@H]3C2)cc1C. The Bertz CT molecular complexity index is 755. The number of rotatable bonds is 1. The van der Waals surface area contributed by atoms with E-state index in [1.807, 2.05) is 34.7 Å². The van der Waals surface area contributed by atoms with E-state index in [4.69, 9.17) is 4.74 Å². The number of aromatic nitrogens is 3. The van der Waals surface area contributed by atoms with Crippen molar-refractivity contribution in [2.75, 3.05) is 13.1 Å². The van der Waals surface area contributed by atoms with Crippen LogP contribution in [0.3, 0.4) is 0 Å². The van der Waals surface area contributed by atoms with Gasteiger partial charge >= 0.3 is 0 Å². The number of aryl methyl sites for hydroxylation is 2. The van der Waals surface area contributed by atoms with Crippen molar-refractivity contribution in [2.45, 2.75) is 39.0 Å². The standard InChI is InChI=1S/C17H20N4O2/c1-11-3-4-13(7-12(11)2)17(22)20-6-5-16-15(9-20)21-14(10-23-16)8-18-19-21/h3-4,7-8,15-16H,5-6,9-10H2,1-2H3/t15-,16-/m0/s1. The van der Waals surface area contributed by atoms with Crippen LogP contribution in [0.4, 0.5) is 0 Å². The predicted molar refractivity (Wildman–Crippen MR) is 84.1 cm³/mol. The number of benzene rings is 1. The van der Waals surface area contributed by atoms with Crippen LogP contribution in [-0.2, 0) is 11.3 Å². The van der Waals surface area contributed by atoms with Gasteiger partial charge in [0.05, 0.1) is 30.6 Å². The minimum atomic E-state index is 0.0606. The van der Waals surface area contributed by atoms with E-state index >= 15 is 0 Å². The molecule has 2 atom stereocenters. The molecular formula is C17H20N4O2. The number of carbonyl (C=O) groups excluding carboxylic acids is 1. The molecule has 0 saturated carbocycles. The zero-order valence-corrected chi connectivity index (χ0v) is 13.4. The third-order valence-corrected chi connectivity index (χ3v) is 4.97. The Balaban J connectivity index is 1.57. The van der Waals surface area contributed by atoms with Crippen LogP contribution < -0.4 is 0 Å². The van der Waals surface area contributed by atoms with E-state index in [2.05, 4.69) is 17.2 Å². The zero-order chi connectivity index (χ0) is 16.0. The van der Waals surface area contributed by atoms with Gasteiger partial charge in [-0.3, -0.25) is 4.79 Å². The third kappa shape index (κ3) is 2.43. The fourth-order valence-corrected chi connectivity index (χ4v) is 3.42. The molecule has 23 heavy (non-hydrogen) atoms. The lowest BCUT2D eigenvalue weighted by molar-refractivity contribution is -0.0605. The smallest absolute Gasteiger partial charge is 0.253 e. The average Bonchev–Trinajstić information content (AvgIpc) is 3.05. The van der Waals surface area contributed by atoms with Crippen LogP contribution in [0.1, 0.15) is 39.6 Å². The largest absolute Gasteiger partial charge is 0.370 e. The number of piperidine rings is 1. The van der Waals surface area contributed by atoms with E-state index in [-0.39, 0.29) is 18.1 Å². The van der Waals surface area contributed by atoms with Crippen molar-refractivity contribution < 1.29 is 9.53 Å². The Labute approximate surface area is 135 Å². The topological polar surface area (TPSA) is 60.3 Å². The lowest BCUT2D eigenvalue weighted by Gasteiger charge is -2.41. The van der Waals surface area contributed by atoms with E-state index in [0.29, 0.717) is 13.2 Å². The number of nitrogens with zero attached hydrogens (tertiary/aromatic N) is 4. The maximum atomic E-state index is 12.8. The molecule has 6 nitrogen and oxygen atoms in total. The molecule has 1 aromatic heterocycles. The molecule has 6 heteroatoms. The summed E-state index contributed by atoms with van der Waals surface area (Å²) in [4.78, 5) is 14.7. The van der Waals surface area contributed by atoms with Crippen LogP contribution in [0.2, 0.25) is 0 Å². The first-order valence-electron chi connectivity index (χ1n) is 8.00. The van der Waals surface area contributed by atoms with Crippen LogP contribution in [0.15, 0.2) is 24.4 Å². The van der Waals surface area contributed by atoms with Gasteiger partial charge in [0.1, 0.15) is 0 Å². The summed E-state index contributed by atoms with van der Waals surface area (Å²) in [6.07, 6.45) is 2.69. The highest BCUT2D eigenvalue weighted by molar-refractivity contribution is 5.94. The molecule has 0 spiro atoms. The number of carbonyl (C=O) groups is 1. The summed E-state index contributed by atoms with van der Waals surface area (Å²) < 4.78 is 7.82. The second-order valence-corrected chi connectivity index (χ2v) is 6.43. The van der Waals surface area contributed by atoms with Crippen LogP contribution in [0, 0.1) is 13.8 Å². The molecule has 1 fully saturated rings. The Hall–Kier alpha value is -2.21. The van der Waals surface area contributed by atoms with E-state index in [9.17, 15) is 4.79 Å². The quantitative estimate of drug-likeness (QED) is 0.807. The molecule has 0 N–H and O–H groups in total. The van der Waals surface area contributed by atoms with Gasteiger partial charge in [0.15, 0.2) is 0 Å². The van der Waals surface area contributed by atoms with Gasteiger partial charge in [0.25, 0.3) is 5.91 Å². The Morgan fingerprint density at radius 1 is 1.30 bits per heavy atom. The number of likely N-dealkylation sites (tertiary alicyclic amines) is 1. The summed E-state index contributed by atoms with van der Waals surface area (Å²) in [6, 6.07) is 5.96. The molecule has 3 heterocycles. The summed E-state index contributed by atoms with van der Waals surface area (Å²) in [5, 5.41) is 8.16. The number of amides is 1. The van der Waals surface area contributed by atoms with Crippen LogP contribution in [0.5, 0.6) is 0 Å². The van der Waals surface area contributed by atoms with Crippen molar-refractivity contribution in [3.8, 4) is 0 Å². The van der Waals surface area contributed by atoms with Gasteiger partial charge in [-0.05, 0) is 43.5 Å². The Morgan fingerprint density at radius 3 is 3.00 bits per heavy atom. The maximum Gasteiger partial charge on any atom is 0.253 e. The first kappa shape index (κ1) is 14.4. The minimum absolute atomic E-state index is 0.0606. The summed E-state index contributed by atoms with van der Waals surface area (Å²) >= 11 is 0. The molecule has 0 bridgehead atoms. The lowest BCUT2D eigenvalue weighted by atomic mass is 9.99. The lowest BCUT2D eigenvalue weighted by Crippen LogP contribution is -2.49. The fraction of sp³-hybridized carbons (Fsp3) is 0.471. The van der Waals surface area contributed by atoms with Gasteiger partial charge in [-0.15, -0.1) is 5.10 Å². The monoisotopic (exact) mass is 312 g/mol. The van der Waals surface area contributed by atoms with Crippen molar-refractivity contribution >= 4 is 5.91 Å². The van der Waals surface area contributed by atoms with Gasteiger partial charge in [-0.1, -0.05) is 11.3 Å². The molecular weight excluding hydrogens is 292 g/mol. The molecule has 1 amide bonds. The predicted octanol–water partition coefficient (Wildman–Crippen LogP) is 1.88. The number of hydrogen-bond acceptors (Lipinski definition) is 4. The minimum Gasteiger partial charge on any atom is -0.370 e. The zero-order valence-electron chi connectivity index (χ0n) is 13.4. The summed E-state index contributed by atoms with van der Waals surface area (Å²) in [7, 11) is 0. The van der Waals surface area contributed by atoms with Gasteiger partial charge in [0.2, 0.25) is 0 Å². The second-order valence-electron chi connectivity index (χ2n) is 6.43. The molecule has 120 valence electrons. The van der Waals surface area contributed by atoms with E-state index in [0.717, 1.165) is 29.8 Å². The number of hydrogen-bond donors (Lipinski definition) is 0. The molecule has 2 aromatic rings. The number of ether oxygens (including phenoxy) is 1. The van der Waals surface area contributed by atoms with Crippen molar-refractivity contribution in [1.82, 2.24) is 19.9 Å². The van der Waals surface area contributed by atoms with E-state index in [1.54, 1.807) is 6.20 Å². The first-order chi connectivity index (χ1) is 11.1. The third-order valence-electron chi connectivity index (χ3n) is 4.97. The molecule has 0 radical (unpaired) electrons. The van der Waals surface area contributed by atoms with E-state index < -0.39 is 0 Å². The van der Waals surface area contributed by atoms with Crippen LogP contribution in [0.25, 0.3) is 0 Å². The molecule has 0 unspecified atom stereocenters. The molecule has 0 aliphatic carbocycles. The highest BCUT2D eigenvalue weighted by Crippen LogP contribution is 2.30. The fourth-order valence-electron chi connectivity index (χ4n) is 3.42. The van der Waals surface area contributed by atoms with E-state index in [1.165, 1.54) is 5.56 Å². The van der Waals surface area contributed by atoms with Gasteiger partial charge in [-0.25, -0.2) is 4.68 Å². The van der Waals surface area contributed by atoms with Crippen LogP contribution in [-0.4, -0.2) is 45.0 Å². The van der Waals surface area contributed by atoms with Gasteiger partial charge in [0, 0.05) is 18.7 Å². The van der Waals surface area contributed by atoms with Crippen molar-refractivity contribution in [3.63, 3.8) is 0 Å². The Kier molecular flexibility index (Phi) is 3.41. The molecule has 1 saturated heterocycles. The van der Waals surface area contributed by atoms with Crippen molar-refractivity contribution in [3.05, 3.63) is 46.8 Å². The maximum absolute atomic E-state index is 12.8. The van der Waals surface area contributed by atoms with Crippen molar-refractivity contribution in [2.24, 2.45) is 0 Å². The number of fused-ring (bicyclic) bond motifs is 3. The summed E-state index contributed by atoms with van der Waals surface area (Å²) in [5.74, 6) is 0.0822. The first-order valence-corrected chi connectivity index (χ1v) is 8.00. The van der Waals surface area contributed by atoms with Gasteiger partial charge in [-0.2, -0.15) is 0 Å². The average molecular weight is 312 g/mol. The normalized spacial score (nSPS) is 23.3. The van der Waals surface area contributed by atoms with Crippen molar-refractivity contribution in [1.29, 1.82) is 0 Å². The summed E-state index contributed by atoms with van der Waals surface area (Å²) in [6.45, 7) is 5.98. The second kappa shape index (κ2) is 5.45. The van der Waals surface area contributed by atoms with Crippen LogP contribution >= 0.6 is 0 Å². The Morgan fingerprint density at radius 2 is 2.17 bits per heavy atom. The molecule has 2 aliphatic rings. The molecule has 1 aromatic carbocycles. The van der Waals surface area contributed by atoms with Gasteiger partial charge < -0.3 is 9.64 Å². The summed E-state index contributed by atoms with van der Waals surface area (Å²) in [5.41, 5.74) is 4.08. The highest BCUT2D eigenvalue weighted by atomic mass is 16.5. The molecule has 2 aliphatic heterocycles. The molecule has 4 rings (SSSR count). The highest BCUT2D eigenvalue weighted by Gasteiger charge is 2.38.